The van der Waals surface area contributed by atoms with Crippen molar-refractivity contribution in [3.05, 3.63) is 24.3 Å². The molecular formula is C13H19NO3S. The van der Waals surface area contributed by atoms with E-state index in [0.717, 1.165) is 18.7 Å². The minimum atomic E-state index is -3.13. The maximum atomic E-state index is 11.9. The molecule has 1 fully saturated rings. The van der Waals surface area contributed by atoms with Crippen molar-refractivity contribution in [1.82, 2.24) is 0 Å². The molecule has 0 aromatic heterocycles. The predicted octanol–water partition coefficient (Wildman–Crippen LogP) is 1.44. The van der Waals surface area contributed by atoms with E-state index in [2.05, 4.69) is 4.90 Å². The molecule has 1 heterocycles. The van der Waals surface area contributed by atoms with E-state index in [0.29, 0.717) is 17.9 Å². The van der Waals surface area contributed by atoms with Gasteiger partial charge in [-0.15, -0.1) is 0 Å². The van der Waals surface area contributed by atoms with Gasteiger partial charge in [0.2, 0.25) is 0 Å². The normalized spacial score (nSPS) is 20.3. The highest BCUT2D eigenvalue weighted by atomic mass is 32.2. The average molecular weight is 269 g/mol. The molecule has 100 valence electrons. The SMILES string of the molecule is CCCS(=O)(=O)c1ccc(N2CCC(O)C2)cc1. The predicted molar refractivity (Wildman–Crippen MR) is 71.6 cm³/mol. The Morgan fingerprint density at radius 1 is 1.33 bits per heavy atom. The Hall–Kier alpha value is -1.07. The van der Waals surface area contributed by atoms with E-state index in [-0.39, 0.29) is 11.9 Å². The van der Waals surface area contributed by atoms with Crippen LogP contribution in [0.4, 0.5) is 5.69 Å². The molecule has 1 aliphatic heterocycles. The Bertz CT molecular complexity index is 495. The Morgan fingerprint density at radius 3 is 2.50 bits per heavy atom. The van der Waals surface area contributed by atoms with Crippen molar-refractivity contribution in [2.45, 2.75) is 30.8 Å². The summed E-state index contributed by atoms with van der Waals surface area (Å²) in [5, 5.41) is 9.48. The van der Waals surface area contributed by atoms with Crippen molar-refractivity contribution in [3.8, 4) is 0 Å². The number of benzene rings is 1. The lowest BCUT2D eigenvalue weighted by atomic mass is 10.3. The van der Waals surface area contributed by atoms with E-state index in [4.69, 9.17) is 0 Å². The van der Waals surface area contributed by atoms with Gasteiger partial charge in [-0.05, 0) is 37.1 Å². The van der Waals surface area contributed by atoms with Crippen LogP contribution in [0.15, 0.2) is 29.2 Å². The second-order valence-electron chi connectivity index (χ2n) is 4.70. The van der Waals surface area contributed by atoms with Crippen LogP contribution in [-0.2, 0) is 9.84 Å². The summed E-state index contributed by atoms with van der Waals surface area (Å²) in [6.07, 6.45) is 1.13. The van der Waals surface area contributed by atoms with Gasteiger partial charge in [0.15, 0.2) is 9.84 Å². The van der Waals surface area contributed by atoms with Crippen LogP contribution in [0.5, 0.6) is 0 Å². The minimum absolute atomic E-state index is 0.189. The second-order valence-corrected chi connectivity index (χ2v) is 6.81. The number of sulfone groups is 1. The third-order valence-corrected chi connectivity index (χ3v) is 5.13. The number of anilines is 1. The van der Waals surface area contributed by atoms with Gasteiger partial charge >= 0.3 is 0 Å². The second kappa shape index (κ2) is 5.28. The minimum Gasteiger partial charge on any atom is -0.391 e. The van der Waals surface area contributed by atoms with Crippen LogP contribution >= 0.6 is 0 Å². The van der Waals surface area contributed by atoms with Crippen molar-refractivity contribution < 1.29 is 13.5 Å². The van der Waals surface area contributed by atoms with Crippen molar-refractivity contribution in [3.63, 3.8) is 0 Å². The fourth-order valence-electron chi connectivity index (χ4n) is 2.23. The molecule has 1 aliphatic rings. The van der Waals surface area contributed by atoms with Gasteiger partial charge in [-0.1, -0.05) is 6.92 Å². The molecule has 1 atom stereocenters. The molecule has 1 aromatic carbocycles. The van der Waals surface area contributed by atoms with Crippen LogP contribution in [0.2, 0.25) is 0 Å². The number of hydrogen-bond acceptors (Lipinski definition) is 4. The topological polar surface area (TPSA) is 57.6 Å². The van der Waals surface area contributed by atoms with Crippen LogP contribution in [0, 0.1) is 0 Å². The molecule has 2 rings (SSSR count). The highest BCUT2D eigenvalue weighted by molar-refractivity contribution is 7.91. The van der Waals surface area contributed by atoms with E-state index in [1.54, 1.807) is 12.1 Å². The number of hydrogen-bond donors (Lipinski definition) is 1. The van der Waals surface area contributed by atoms with Crippen LogP contribution in [0.25, 0.3) is 0 Å². The smallest absolute Gasteiger partial charge is 0.178 e. The van der Waals surface area contributed by atoms with Gasteiger partial charge in [0, 0.05) is 18.8 Å². The van der Waals surface area contributed by atoms with Crippen molar-refractivity contribution in [2.75, 3.05) is 23.7 Å². The first-order valence-corrected chi connectivity index (χ1v) is 7.94. The van der Waals surface area contributed by atoms with Gasteiger partial charge in [0.05, 0.1) is 16.8 Å². The summed E-state index contributed by atoms with van der Waals surface area (Å²) < 4.78 is 23.7. The van der Waals surface area contributed by atoms with E-state index in [1.807, 2.05) is 19.1 Å². The number of rotatable bonds is 4. The number of aliphatic hydroxyl groups excluding tert-OH is 1. The molecule has 1 N–H and O–H groups in total. The lowest BCUT2D eigenvalue weighted by Gasteiger charge is -2.18. The largest absolute Gasteiger partial charge is 0.391 e. The summed E-state index contributed by atoms with van der Waals surface area (Å²) >= 11 is 0. The number of β-amino-alcohol motifs (C(OH)–C–C–N with tert-alkyl or cyclic N) is 1. The monoisotopic (exact) mass is 269 g/mol. The number of nitrogens with zero attached hydrogens (tertiary/aromatic N) is 1. The summed E-state index contributed by atoms with van der Waals surface area (Å²) in [7, 11) is -3.13. The number of aliphatic hydroxyl groups is 1. The van der Waals surface area contributed by atoms with Crippen molar-refractivity contribution in [2.24, 2.45) is 0 Å². The van der Waals surface area contributed by atoms with Gasteiger partial charge in [-0.3, -0.25) is 0 Å². The maximum absolute atomic E-state index is 11.9. The molecule has 0 bridgehead atoms. The van der Waals surface area contributed by atoms with Crippen LogP contribution in [0.3, 0.4) is 0 Å². The summed E-state index contributed by atoms with van der Waals surface area (Å²) in [5.74, 6) is 0.189. The first-order valence-electron chi connectivity index (χ1n) is 6.29. The highest BCUT2D eigenvalue weighted by Crippen LogP contribution is 2.22. The first kappa shape index (κ1) is 13.4. The van der Waals surface area contributed by atoms with E-state index in [9.17, 15) is 13.5 Å². The molecule has 0 aliphatic carbocycles. The summed E-state index contributed by atoms with van der Waals surface area (Å²) in [6.45, 7) is 3.31. The summed E-state index contributed by atoms with van der Waals surface area (Å²) in [5.41, 5.74) is 0.974. The van der Waals surface area contributed by atoms with Crippen molar-refractivity contribution in [1.29, 1.82) is 0 Å². The molecule has 0 spiro atoms. The molecule has 0 saturated carbocycles. The third-order valence-electron chi connectivity index (χ3n) is 3.20. The van der Waals surface area contributed by atoms with E-state index in [1.165, 1.54) is 0 Å². The van der Waals surface area contributed by atoms with Gasteiger partial charge in [-0.2, -0.15) is 0 Å². The maximum Gasteiger partial charge on any atom is 0.178 e. The quantitative estimate of drug-likeness (QED) is 0.898. The third kappa shape index (κ3) is 2.84. The standard InChI is InChI=1S/C13H19NO3S/c1-2-9-18(16,17)13-5-3-11(4-6-13)14-8-7-12(15)10-14/h3-6,12,15H,2,7-10H2,1H3. The van der Waals surface area contributed by atoms with Gasteiger partial charge in [0.25, 0.3) is 0 Å². The van der Waals surface area contributed by atoms with Gasteiger partial charge < -0.3 is 10.0 Å². The van der Waals surface area contributed by atoms with Crippen molar-refractivity contribution >= 4 is 15.5 Å². The van der Waals surface area contributed by atoms with Gasteiger partial charge in [-0.25, -0.2) is 8.42 Å². The molecular weight excluding hydrogens is 250 g/mol. The zero-order valence-corrected chi connectivity index (χ0v) is 11.4. The van der Waals surface area contributed by atoms with Gasteiger partial charge in [0.1, 0.15) is 0 Å². The molecule has 5 heteroatoms. The van der Waals surface area contributed by atoms with E-state index >= 15 is 0 Å². The Kier molecular flexibility index (Phi) is 3.92. The summed E-state index contributed by atoms with van der Waals surface area (Å²) in [6, 6.07) is 6.96. The zero-order chi connectivity index (χ0) is 13.2. The Balaban J connectivity index is 2.15. The molecule has 0 amide bonds. The Labute approximate surface area is 108 Å². The molecule has 0 radical (unpaired) electrons. The molecule has 1 saturated heterocycles. The average Bonchev–Trinajstić information content (AvgIpc) is 2.76. The first-order chi connectivity index (χ1) is 8.53. The molecule has 1 unspecified atom stereocenters. The van der Waals surface area contributed by atoms with Crippen LogP contribution in [-0.4, -0.2) is 38.5 Å². The van der Waals surface area contributed by atoms with E-state index < -0.39 is 9.84 Å². The fraction of sp³-hybridized carbons (Fsp3) is 0.538. The highest BCUT2D eigenvalue weighted by Gasteiger charge is 2.21. The fourth-order valence-corrected chi connectivity index (χ4v) is 3.55. The molecule has 1 aromatic rings. The Morgan fingerprint density at radius 2 is 2.00 bits per heavy atom. The van der Waals surface area contributed by atoms with Crippen LogP contribution in [0.1, 0.15) is 19.8 Å². The molecule has 18 heavy (non-hydrogen) atoms. The molecule has 4 nitrogen and oxygen atoms in total. The lowest BCUT2D eigenvalue weighted by molar-refractivity contribution is 0.198. The lowest BCUT2D eigenvalue weighted by Crippen LogP contribution is -2.21. The zero-order valence-electron chi connectivity index (χ0n) is 10.5. The summed E-state index contributed by atoms with van der Waals surface area (Å²) in [4.78, 5) is 2.45. The van der Waals surface area contributed by atoms with Crippen LogP contribution < -0.4 is 4.90 Å².